The molecule has 2 aromatic rings. The van der Waals surface area contributed by atoms with Crippen molar-refractivity contribution in [1.82, 2.24) is 5.32 Å². The molecule has 1 N–H and O–H groups in total. The molecule has 0 spiro atoms. The molecular formula is C16H19NO2. The van der Waals surface area contributed by atoms with E-state index in [2.05, 4.69) is 23.5 Å². The lowest BCUT2D eigenvalue weighted by Gasteiger charge is -2.24. The fourth-order valence-electron chi connectivity index (χ4n) is 2.45. The Morgan fingerprint density at radius 3 is 2.68 bits per heavy atom. The molecule has 0 saturated heterocycles. The molecule has 19 heavy (non-hydrogen) atoms. The molecule has 0 aliphatic heterocycles. The summed E-state index contributed by atoms with van der Waals surface area (Å²) in [5.41, 5.74) is 1.04. The van der Waals surface area contributed by atoms with Crippen molar-refractivity contribution in [2.45, 2.75) is 26.0 Å². The second-order valence-electron chi connectivity index (χ2n) is 4.57. The lowest BCUT2D eigenvalue weighted by Crippen LogP contribution is -2.33. The molecule has 2 aromatic carbocycles. The van der Waals surface area contributed by atoms with Gasteiger partial charge in [-0.2, -0.15) is 0 Å². The summed E-state index contributed by atoms with van der Waals surface area (Å²) in [7, 11) is 0. The summed E-state index contributed by atoms with van der Waals surface area (Å²) in [4.78, 5) is 10.8. The molecule has 0 bridgehead atoms. The summed E-state index contributed by atoms with van der Waals surface area (Å²) >= 11 is 0. The van der Waals surface area contributed by atoms with Gasteiger partial charge in [-0.15, -0.1) is 0 Å². The quantitative estimate of drug-likeness (QED) is 0.808. The van der Waals surface area contributed by atoms with Crippen LogP contribution in [0.2, 0.25) is 0 Å². The molecule has 0 aliphatic rings. The number of carbonyl (C=O) groups is 1. The number of rotatable bonds is 6. The predicted molar refractivity (Wildman–Crippen MR) is 77.0 cm³/mol. The number of likely N-dealkylation sites (N-methyl/N-ethyl adjacent to an activating group) is 1. The lowest BCUT2D eigenvalue weighted by molar-refractivity contribution is -0.135. The third-order valence-corrected chi connectivity index (χ3v) is 3.31. The molecule has 0 saturated carbocycles. The van der Waals surface area contributed by atoms with Crippen molar-refractivity contribution in [2.75, 3.05) is 6.54 Å². The average molecular weight is 257 g/mol. The summed E-state index contributed by atoms with van der Waals surface area (Å²) in [6, 6.07) is 14.3. The standard InChI is InChI=1S/C16H19NO2/c1-3-17-12(2)16(19-11-18)15-10-6-8-13-7-4-5-9-14(13)15/h4-12,16-17H,3H2,1-2H3. The maximum absolute atomic E-state index is 10.8. The lowest BCUT2D eigenvalue weighted by atomic mass is 9.96. The van der Waals surface area contributed by atoms with E-state index in [1.54, 1.807) is 0 Å². The number of fused-ring (bicyclic) bond motifs is 1. The zero-order valence-electron chi connectivity index (χ0n) is 11.3. The molecule has 0 heterocycles. The van der Waals surface area contributed by atoms with Crippen molar-refractivity contribution in [1.29, 1.82) is 0 Å². The van der Waals surface area contributed by atoms with E-state index in [0.29, 0.717) is 6.47 Å². The zero-order chi connectivity index (χ0) is 13.7. The van der Waals surface area contributed by atoms with Gasteiger partial charge in [0.1, 0.15) is 6.10 Å². The minimum Gasteiger partial charge on any atom is -0.458 e. The number of hydrogen-bond acceptors (Lipinski definition) is 3. The van der Waals surface area contributed by atoms with Gasteiger partial charge in [0.2, 0.25) is 0 Å². The van der Waals surface area contributed by atoms with E-state index in [4.69, 9.17) is 4.74 Å². The van der Waals surface area contributed by atoms with Gasteiger partial charge in [0.15, 0.2) is 0 Å². The highest BCUT2D eigenvalue weighted by Crippen LogP contribution is 2.28. The maximum atomic E-state index is 10.8. The number of ether oxygens (including phenoxy) is 1. The van der Waals surface area contributed by atoms with Gasteiger partial charge in [0.05, 0.1) is 0 Å². The summed E-state index contributed by atoms with van der Waals surface area (Å²) in [6.45, 7) is 5.43. The van der Waals surface area contributed by atoms with Crippen molar-refractivity contribution in [3.05, 3.63) is 48.0 Å². The summed E-state index contributed by atoms with van der Waals surface area (Å²) in [5, 5.41) is 5.59. The van der Waals surface area contributed by atoms with Gasteiger partial charge < -0.3 is 10.1 Å². The number of hydrogen-bond donors (Lipinski definition) is 1. The first-order chi connectivity index (χ1) is 9.27. The monoisotopic (exact) mass is 257 g/mol. The molecule has 3 nitrogen and oxygen atoms in total. The van der Waals surface area contributed by atoms with Crippen molar-refractivity contribution < 1.29 is 9.53 Å². The second-order valence-corrected chi connectivity index (χ2v) is 4.57. The zero-order valence-corrected chi connectivity index (χ0v) is 11.3. The molecule has 0 radical (unpaired) electrons. The SMILES string of the molecule is CCNC(C)C(OC=O)c1cccc2ccccc12. The van der Waals surface area contributed by atoms with Crippen molar-refractivity contribution in [3.8, 4) is 0 Å². The molecule has 0 fully saturated rings. The fraction of sp³-hybridized carbons (Fsp3) is 0.312. The topological polar surface area (TPSA) is 38.3 Å². The smallest absolute Gasteiger partial charge is 0.293 e. The first kappa shape index (κ1) is 13.6. The number of benzene rings is 2. The van der Waals surface area contributed by atoms with Crippen LogP contribution in [-0.4, -0.2) is 19.1 Å². The first-order valence-corrected chi connectivity index (χ1v) is 6.58. The molecule has 0 aliphatic carbocycles. The highest BCUT2D eigenvalue weighted by Gasteiger charge is 2.21. The Morgan fingerprint density at radius 1 is 1.21 bits per heavy atom. The van der Waals surface area contributed by atoms with Gasteiger partial charge in [-0.05, 0) is 24.2 Å². The van der Waals surface area contributed by atoms with Gasteiger partial charge in [-0.3, -0.25) is 4.79 Å². The van der Waals surface area contributed by atoms with Crippen molar-refractivity contribution in [3.63, 3.8) is 0 Å². The van der Waals surface area contributed by atoms with Gasteiger partial charge >= 0.3 is 0 Å². The van der Waals surface area contributed by atoms with Gasteiger partial charge in [0, 0.05) is 11.6 Å². The Morgan fingerprint density at radius 2 is 1.95 bits per heavy atom. The molecule has 100 valence electrons. The van der Waals surface area contributed by atoms with Crippen LogP contribution in [0.1, 0.15) is 25.5 Å². The summed E-state index contributed by atoms with van der Waals surface area (Å²) < 4.78 is 5.31. The third kappa shape index (κ3) is 2.93. The molecule has 3 heteroatoms. The van der Waals surface area contributed by atoms with Crippen LogP contribution in [0, 0.1) is 0 Å². The van der Waals surface area contributed by atoms with Crippen LogP contribution >= 0.6 is 0 Å². The first-order valence-electron chi connectivity index (χ1n) is 6.58. The van der Waals surface area contributed by atoms with E-state index in [-0.39, 0.29) is 12.1 Å². The second kappa shape index (κ2) is 6.34. The number of nitrogens with one attached hydrogen (secondary N) is 1. The van der Waals surface area contributed by atoms with E-state index in [1.165, 1.54) is 0 Å². The van der Waals surface area contributed by atoms with Crippen molar-refractivity contribution >= 4 is 17.2 Å². The van der Waals surface area contributed by atoms with Gasteiger partial charge in [-0.1, -0.05) is 49.4 Å². The highest BCUT2D eigenvalue weighted by atomic mass is 16.5. The minimum atomic E-state index is -0.274. The van der Waals surface area contributed by atoms with Gasteiger partial charge in [-0.25, -0.2) is 0 Å². The molecule has 0 amide bonds. The molecule has 2 atom stereocenters. The summed E-state index contributed by atoms with van der Waals surface area (Å²) in [5.74, 6) is 0. The van der Waals surface area contributed by atoms with Crippen LogP contribution in [0.4, 0.5) is 0 Å². The van der Waals surface area contributed by atoms with E-state index in [0.717, 1.165) is 22.9 Å². The Balaban J connectivity index is 2.46. The van der Waals surface area contributed by atoms with Crippen LogP contribution in [0.25, 0.3) is 10.8 Å². The summed E-state index contributed by atoms with van der Waals surface area (Å²) in [6.07, 6.45) is -0.274. The van der Waals surface area contributed by atoms with Crippen LogP contribution in [0.5, 0.6) is 0 Å². The van der Waals surface area contributed by atoms with Crippen LogP contribution < -0.4 is 5.32 Å². The highest BCUT2D eigenvalue weighted by molar-refractivity contribution is 5.86. The number of carbonyl (C=O) groups excluding carboxylic acids is 1. The van der Waals surface area contributed by atoms with Crippen LogP contribution in [0.15, 0.2) is 42.5 Å². The largest absolute Gasteiger partial charge is 0.458 e. The van der Waals surface area contributed by atoms with Gasteiger partial charge in [0.25, 0.3) is 6.47 Å². The fourth-order valence-corrected chi connectivity index (χ4v) is 2.45. The Hall–Kier alpha value is -1.87. The molecule has 2 rings (SSSR count). The van der Waals surface area contributed by atoms with E-state index in [9.17, 15) is 4.79 Å². The predicted octanol–water partition coefficient (Wildman–Crippen LogP) is 3.05. The van der Waals surface area contributed by atoms with E-state index >= 15 is 0 Å². The van der Waals surface area contributed by atoms with E-state index in [1.807, 2.05) is 38.1 Å². The molecule has 0 aromatic heterocycles. The Labute approximate surface area is 113 Å². The molecular weight excluding hydrogens is 238 g/mol. The minimum absolute atomic E-state index is 0.0704. The Bertz CT molecular complexity index is 548. The average Bonchev–Trinajstić information content (AvgIpc) is 2.44. The maximum Gasteiger partial charge on any atom is 0.293 e. The Kier molecular flexibility index (Phi) is 4.53. The van der Waals surface area contributed by atoms with E-state index < -0.39 is 0 Å². The molecule has 2 unspecified atom stereocenters. The van der Waals surface area contributed by atoms with Crippen LogP contribution in [0.3, 0.4) is 0 Å². The van der Waals surface area contributed by atoms with Crippen molar-refractivity contribution in [2.24, 2.45) is 0 Å². The normalized spacial score (nSPS) is 14.0. The third-order valence-electron chi connectivity index (χ3n) is 3.31. The van der Waals surface area contributed by atoms with Crippen LogP contribution in [-0.2, 0) is 9.53 Å².